The van der Waals surface area contributed by atoms with E-state index in [1.807, 2.05) is 6.08 Å². The molecule has 0 aliphatic carbocycles. The summed E-state index contributed by atoms with van der Waals surface area (Å²) in [7, 11) is 0. The van der Waals surface area contributed by atoms with E-state index in [-0.39, 0.29) is 12.3 Å². The smallest absolute Gasteiger partial charge is 0.220 e. The summed E-state index contributed by atoms with van der Waals surface area (Å²) in [5.41, 5.74) is 0. The molecule has 0 bridgehead atoms. The summed E-state index contributed by atoms with van der Waals surface area (Å²) in [5.74, 6) is -1.15. The van der Waals surface area contributed by atoms with Crippen LogP contribution >= 0.6 is 0 Å². The van der Waals surface area contributed by atoms with E-state index in [1.165, 1.54) is 135 Å². The Hall–Kier alpha value is -2.36. The maximum Gasteiger partial charge on any atom is 0.220 e. The van der Waals surface area contributed by atoms with Gasteiger partial charge in [-0.2, -0.15) is 0 Å². The van der Waals surface area contributed by atoms with Crippen LogP contribution in [-0.4, -0.2) is 299 Å². The zero-order valence-corrected chi connectivity index (χ0v) is 60.7. The van der Waals surface area contributed by atoms with Crippen molar-refractivity contribution in [2.24, 2.45) is 0 Å². The first-order valence-corrected chi connectivity index (χ1v) is 38.5. The highest BCUT2D eigenvalue weighted by atomic mass is 16.8. The third-order valence-corrected chi connectivity index (χ3v) is 20.2. The van der Waals surface area contributed by atoms with Gasteiger partial charge in [0.2, 0.25) is 11.8 Å². The maximum atomic E-state index is 13.5. The van der Waals surface area contributed by atoms with Crippen molar-refractivity contribution in [3.8, 4) is 0 Å². The molecule has 27 atom stereocenters. The van der Waals surface area contributed by atoms with E-state index in [4.69, 9.17) is 47.4 Å². The molecule has 18 N–H and O–H groups in total. The van der Waals surface area contributed by atoms with Crippen LogP contribution in [0, 0.1) is 0 Å². The van der Waals surface area contributed by atoms with E-state index >= 15 is 0 Å². The third-order valence-electron chi connectivity index (χ3n) is 20.2. The number of rotatable bonds is 52. The number of carbonyl (C=O) groups excluding carboxylic acids is 2. The van der Waals surface area contributed by atoms with E-state index in [0.717, 1.165) is 58.3 Å². The summed E-state index contributed by atoms with van der Waals surface area (Å²) in [6.07, 6.45) is -6.38. The topological polar surface area (TPSA) is 474 Å². The van der Waals surface area contributed by atoms with Gasteiger partial charge in [0.05, 0.1) is 51.8 Å². The Morgan fingerprint density at radius 1 is 0.382 bits per heavy atom. The number of ether oxygens (including phenoxy) is 10. The van der Waals surface area contributed by atoms with Crippen molar-refractivity contribution in [3.05, 3.63) is 12.2 Å². The van der Waals surface area contributed by atoms with E-state index in [1.54, 1.807) is 6.08 Å². The maximum absolute atomic E-state index is 13.5. The lowest BCUT2D eigenvalue weighted by Gasteiger charge is -2.50. The van der Waals surface area contributed by atoms with Crippen LogP contribution in [0.4, 0.5) is 0 Å². The molecular formula is C72H132N2O28. The SMILES string of the molecule is CCCCCCCCCCCCC/C=C/[C@@H](O)[C@H](CO[C@@H]1OC(CO)[C@@H](O[C@@H]2OC(CO)[C@H](O)[C@H](O[C@H]3OC(CO)[C@H](O)[C@H](O[C@@H]4OC(CO)[C@H](O)[C@H](O[C@@H]5OC(CO)[C@H](O)[C@H](O)C5O)C4NC(C)=O)C3O)C2O)[C@H](O)C1O)NC(=O)CCCCCCCCCCCCCCCCCCCCC. The Kier molecular flexibility index (Phi) is 44.6. The number of hydrogen-bond donors (Lipinski definition) is 18. The number of nitrogens with one attached hydrogen (secondary N) is 2. The van der Waals surface area contributed by atoms with Gasteiger partial charge in [0, 0.05) is 13.3 Å². The fraction of sp³-hybridized carbons (Fsp3) is 0.944. The van der Waals surface area contributed by atoms with Crippen LogP contribution in [0.1, 0.15) is 226 Å². The average Bonchev–Trinajstić information content (AvgIpc) is 0.775. The average molecular weight is 1470 g/mol. The Bertz CT molecular complexity index is 2220. The number of amides is 2. The molecule has 5 aliphatic heterocycles. The van der Waals surface area contributed by atoms with Gasteiger partial charge in [0.1, 0.15) is 122 Å². The minimum Gasteiger partial charge on any atom is -0.394 e. The van der Waals surface area contributed by atoms with Gasteiger partial charge in [-0.1, -0.05) is 206 Å². The predicted molar refractivity (Wildman–Crippen MR) is 368 cm³/mol. The van der Waals surface area contributed by atoms with Crippen molar-refractivity contribution in [1.82, 2.24) is 10.6 Å². The first-order chi connectivity index (χ1) is 49.2. The van der Waals surface area contributed by atoms with Crippen LogP contribution in [0.25, 0.3) is 0 Å². The molecular weight excluding hydrogens is 1340 g/mol. The van der Waals surface area contributed by atoms with E-state index < -0.39 is 211 Å². The fourth-order valence-corrected chi connectivity index (χ4v) is 13.9. The van der Waals surface area contributed by atoms with Gasteiger partial charge in [0.15, 0.2) is 31.5 Å². The van der Waals surface area contributed by atoms with E-state index in [2.05, 4.69) is 24.5 Å². The number of carbonyl (C=O) groups is 2. The fourth-order valence-electron chi connectivity index (χ4n) is 13.9. The zero-order chi connectivity index (χ0) is 74.5. The molecule has 0 aromatic heterocycles. The summed E-state index contributed by atoms with van der Waals surface area (Å²) >= 11 is 0. The predicted octanol–water partition coefficient (Wildman–Crippen LogP) is 1.17. The lowest BCUT2D eigenvalue weighted by Crippen LogP contribution is -2.70. The van der Waals surface area contributed by atoms with Crippen molar-refractivity contribution < 1.29 is 139 Å². The Balaban J connectivity index is 1.19. The number of aliphatic hydroxyl groups is 16. The molecule has 5 heterocycles. The van der Waals surface area contributed by atoms with Gasteiger partial charge in [-0.25, -0.2) is 0 Å². The number of aliphatic hydroxyl groups excluding tert-OH is 16. The van der Waals surface area contributed by atoms with Crippen LogP contribution in [0.3, 0.4) is 0 Å². The van der Waals surface area contributed by atoms with Crippen LogP contribution in [0.15, 0.2) is 12.2 Å². The third kappa shape index (κ3) is 29.2. The second-order valence-corrected chi connectivity index (χ2v) is 28.5. The highest BCUT2D eigenvalue weighted by Crippen LogP contribution is 2.37. The molecule has 5 fully saturated rings. The molecule has 30 nitrogen and oxygen atoms in total. The van der Waals surface area contributed by atoms with Crippen molar-refractivity contribution in [1.29, 1.82) is 0 Å². The molecule has 102 heavy (non-hydrogen) atoms. The van der Waals surface area contributed by atoms with Crippen molar-refractivity contribution >= 4 is 11.8 Å². The van der Waals surface area contributed by atoms with Gasteiger partial charge in [-0.05, 0) is 19.3 Å². The van der Waals surface area contributed by atoms with Gasteiger partial charge >= 0.3 is 0 Å². The largest absolute Gasteiger partial charge is 0.394 e. The van der Waals surface area contributed by atoms with Crippen molar-refractivity contribution in [3.63, 3.8) is 0 Å². The van der Waals surface area contributed by atoms with Crippen LogP contribution < -0.4 is 10.6 Å². The molecule has 5 saturated heterocycles. The first kappa shape index (κ1) is 90.3. The molecule has 10 unspecified atom stereocenters. The Morgan fingerprint density at radius 3 is 1.16 bits per heavy atom. The molecule has 0 spiro atoms. The van der Waals surface area contributed by atoms with Crippen LogP contribution in [0.2, 0.25) is 0 Å². The minimum absolute atomic E-state index is 0.191. The monoisotopic (exact) mass is 1470 g/mol. The standard InChI is InChI=1S/C72H132N2O28/c1-4-6-8-10-12-14-16-18-19-20-21-22-23-25-27-29-31-33-35-37-52(82)74-45(46(81)36-34-32-30-28-26-24-17-15-13-11-9-7-5-2)43-93-69-61(90)59(88)64(51(42-79)98-69)99-71-63(92)67(57(86)50(41-78)96-71)102-72-62(91)66(56(85)49(40-77)97-72)101-68-53(73-44(3)80)65(55(84)48(39-76)94-68)100-70-60(89)58(87)54(83)47(38-75)95-70/h34,36,45-51,53-72,75-79,81,83-92H,4-33,35,37-43H2,1-3H3,(H,73,80)(H,74,82)/b36-34+/t45-,46+,47?,48?,49?,50?,51?,53?,54-,55-,56-,57-,58-,59+,60?,61?,62?,63?,64+,65+,66-,67-,68-,69+,70-,71-,72+/m0/s1. The van der Waals surface area contributed by atoms with Crippen LogP contribution in [0.5, 0.6) is 0 Å². The van der Waals surface area contributed by atoms with Crippen molar-refractivity contribution in [2.45, 2.75) is 392 Å². The van der Waals surface area contributed by atoms with E-state index in [9.17, 15) is 91.3 Å². The molecule has 0 aromatic carbocycles. The molecule has 0 saturated carbocycles. The molecule has 30 heteroatoms. The normalized spacial score (nSPS) is 35.2. The summed E-state index contributed by atoms with van der Waals surface area (Å²) in [6, 6.07) is -2.77. The van der Waals surface area contributed by atoms with Gasteiger partial charge in [0.25, 0.3) is 0 Å². The summed E-state index contributed by atoms with van der Waals surface area (Å²) < 4.78 is 58.5. The summed E-state index contributed by atoms with van der Waals surface area (Å²) in [4.78, 5) is 26.2. The second-order valence-electron chi connectivity index (χ2n) is 28.5. The Labute approximate surface area is 602 Å². The summed E-state index contributed by atoms with van der Waals surface area (Å²) in [6.45, 7) is 0.315. The molecule has 5 aliphatic rings. The van der Waals surface area contributed by atoms with Gasteiger partial charge in [-0.3, -0.25) is 9.59 Å². The first-order valence-electron chi connectivity index (χ1n) is 38.5. The van der Waals surface area contributed by atoms with Crippen molar-refractivity contribution in [2.75, 3.05) is 39.6 Å². The Morgan fingerprint density at radius 2 is 0.725 bits per heavy atom. The molecule has 0 aromatic rings. The van der Waals surface area contributed by atoms with Gasteiger partial charge in [-0.15, -0.1) is 0 Å². The molecule has 0 radical (unpaired) electrons. The van der Waals surface area contributed by atoms with Gasteiger partial charge < -0.3 is 140 Å². The number of unbranched alkanes of at least 4 members (excludes halogenated alkanes) is 29. The minimum atomic E-state index is -2.23. The highest BCUT2D eigenvalue weighted by Gasteiger charge is 2.57. The highest BCUT2D eigenvalue weighted by molar-refractivity contribution is 5.76. The number of hydrogen-bond acceptors (Lipinski definition) is 28. The molecule has 598 valence electrons. The quantitative estimate of drug-likeness (QED) is 0.0300. The molecule has 2 amide bonds. The number of allylic oxidation sites excluding steroid dienone is 1. The lowest BCUT2D eigenvalue weighted by molar-refractivity contribution is -0.390. The lowest BCUT2D eigenvalue weighted by atomic mass is 9.94. The second kappa shape index (κ2) is 50.4. The van der Waals surface area contributed by atoms with E-state index in [0.29, 0.717) is 12.8 Å². The molecule has 5 rings (SSSR count). The zero-order valence-electron chi connectivity index (χ0n) is 60.7. The summed E-state index contributed by atoms with van der Waals surface area (Å²) in [5, 5.41) is 182. The van der Waals surface area contributed by atoms with Crippen LogP contribution in [-0.2, 0) is 57.0 Å².